The number of hydrogen-bond acceptors (Lipinski definition) is 3. The van der Waals surface area contributed by atoms with Crippen molar-refractivity contribution in [2.45, 2.75) is 20.3 Å². The lowest BCUT2D eigenvalue weighted by atomic mass is 10.2. The van der Waals surface area contributed by atoms with Gasteiger partial charge in [-0.2, -0.15) is 4.73 Å². The highest BCUT2D eigenvalue weighted by Crippen LogP contribution is 2.13. The molecule has 0 aliphatic rings. The van der Waals surface area contributed by atoms with Crippen molar-refractivity contribution in [1.29, 1.82) is 0 Å². The fourth-order valence-corrected chi connectivity index (χ4v) is 1.14. The summed E-state index contributed by atoms with van der Waals surface area (Å²) >= 11 is 0. The molecule has 1 rings (SSSR count). The zero-order valence-electron chi connectivity index (χ0n) is 7.48. The molecule has 0 saturated carbocycles. The van der Waals surface area contributed by atoms with Crippen LogP contribution in [0.5, 0.6) is 0 Å². The lowest BCUT2D eigenvalue weighted by Crippen LogP contribution is -2.35. The monoisotopic (exact) mass is 182 g/mol. The number of nitrogens with zero attached hydrogens (tertiary/aromatic N) is 2. The summed E-state index contributed by atoms with van der Waals surface area (Å²) in [4.78, 5) is 9.87. The number of aromatic nitrogens is 1. The highest BCUT2D eigenvalue weighted by molar-refractivity contribution is 5.31. The molecule has 0 atom stereocenters. The van der Waals surface area contributed by atoms with Crippen molar-refractivity contribution < 1.29 is 9.65 Å². The van der Waals surface area contributed by atoms with Crippen LogP contribution in [-0.2, 0) is 6.42 Å². The molecule has 0 spiro atoms. The predicted molar refractivity (Wildman–Crippen MR) is 46.2 cm³/mol. The highest BCUT2D eigenvalue weighted by Gasteiger charge is 2.19. The van der Waals surface area contributed by atoms with Gasteiger partial charge in [-0.25, -0.2) is 0 Å². The molecule has 13 heavy (non-hydrogen) atoms. The van der Waals surface area contributed by atoms with E-state index in [-0.39, 0.29) is 11.4 Å². The summed E-state index contributed by atoms with van der Waals surface area (Å²) in [5.74, 6) is 0. The highest BCUT2D eigenvalue weighted by atomic mass is 16.6. The second-order valence-electron chi connectivity index (χ2n) is 2.70. The van der Waals surface area contributed by atoms with Crippen LogP contribution in [0.4, 0.5) is 5.69 Å². The van der Waals surface area contributed by atoms with E-state index in [1.165, 1.54) is 19.1 Å². The normalized spacial score (nSPS) is 10.0. The average molecular weight is 182 g/mol. The Morgan fingerprint density at radius 2 is 2.15 bits per heavy atom. The maximum absolute atomic E-state index is 11.3. The first-order valence-electron chi connectivity index (χ1n) is 3.94. The summed E-state index contributed by atoms with van der Waals surface area (Å²) in [5.41, 5.74) is 0.555. The van der Waals surface area contributed by atoms with Gasteiger partial charge in [0.15, 0.2) is 5.69 Å². The molecule has 0 amide bonds. The first-order valence-corrected chi connectivity index (χ1v) is 3.94. The van der Waals surface area contributed by atoms with Crippen molar-refractivity contribution in [2.75, 3.05) is 0 Å². The minimum atomic E-state index is -0.552. The second kappa shape index (κ2) is 3.38. The zero-order valence-corrected chi connectivity index (χ0v) is 7.48. The first-order chi connectivity index (χ1) is 6.07. The maximum Gasteiger partial charge on any atom is 0.336 e. The molecule has 1 aromatic heterocycles. The van der Waals surface area contributed by atoms with Gasteiger partial charge in [0, 0.05) is 25.5 Å². The molecule has 0 bridgehead atoms. The van der Waals surface area contributed by atoms with E-state index in [1.807, 2.05) is 6.92 Å². The predicted octanol–water partition coefficient (Wildman–Crippen LogP) is 1.10. The Hall–Kier alpha value is -1.65. The second-order valence-corrected chi connectivity index (χ2v) is 2.70. The smallest absolute Gasteiger partial charge is 0.336 e. The van der Waals surface area contributed by atoms with Gasteiger partial charge in [0.1, 0.15) is 0 Å². The van der Waals surface area contributed by atoms with Gasteiger partial charge in [0.05, 0.1) is 4.92 Å². The van der Waals surface area contributed by atoms with Gasteiger partial charge in [-0.1, -0.05) is 6.92 Å². The van der Waals surface area contributed by atoms with Crippen molar-refractivity contribution in [3.8, 4) is 0 Å². The van der Waals surface area contributed by atoms with Crippen LogP contribution in [0.1, 0.15) is 18.3 Å². The van der Waals surface area contributed by atoms with Crippen molar-refractivity contribution in [1.82, 2.24) is 0 Å². The maximum atomic E-state index is 11.3. The number of nitro groups is 1. The third kappa shape index (κ3) is 1.58. The Bertz CT molecular complexity index is 349. The molecule has 0 radical (unpaired) electrons. The van der Waals surface area contributed by atoms with Gasteiger partial charge in [-0.05, 0) is 0 Å². The number of hydrogen-bond donors (Lipinski definition) is 0. The zero-order chi connectivity index (χ0) is 10.0. The van der Waals surface area contributed by atoms with Gasteiger partial charge in [-0.3, -0.25) is 10.1 Å². The Morgan fingerprint density at radius 3 is 2.62 bits per heavy atom. The molecular formula is C8H10N2O3. The van der Waals surface area contributed by atoms with Crippen LogP contribution in [0.2, 0.25) is 0 Å². The third-order valence-electron chi connectivity index (χ3n) is 1.93. The van der Waals surface area contributed by atoms with E-state index >= 15 is 0 Å². The molecule has 0 aromatic carbocycles. The van der Waals surface area contributed by atoms with Gasteiger partial charge < -0.3 is 5.21 Å². The van der Waals surface area contributed by atoms with E-state index in [9.17, 15) is 15.3 Å². The van der Waals surface area contributed by atoms with Gasteiger partial charge in [0.2, 0.25) is 0 Å². The summed E-state index contributed by atoms with van der Waals surface area (Å²) in [6.45, 7) is 3.28. The Balaban J connectivity index is 3.31. The van der Waals surface area contributed by atoms with Crippen LogP contribution in [0, 0.1) is 22.2 Å². The fraction of sp³-hybridized carbons (Fsp3) is 0.375. The van der Waals surface area contributed by atoms with Crippen LogP contribution in [-0.4, -0.2) is 4.92 Å². The van der Waals surface area contributed by atoms with E-state index in [4.69, 9.17) is 0 Å². The van der Waals surface area contributed by atoms with Gasteiger partial charge in [-0.15, -0.1) is 0 Å². The van der Waals surface area contributed by atoms with Crippen molar-refractivity contribution >= 4 is 5.69 Å². The molecule has 70 valence electrons. The summed E-state index contributed by atoms with van der Waals surface area (Å²) in [7, 11) is 0. The number of pyridine rings is 1. The molecule has 5 heteroatoms. The van der Waals surface area contributed by atoms with Crippen LogP contribution in [0.3, 0.4) is 0 Å². The summed E-state index contributed by atoms with van der Waals surface area (Å²) in [6.07, 6.45) is 0.572. The third-order valence-corrected chi connectivity index (χ3v) is 1.93. The van der Waals surface area contributed by atoms with E-state index < -0.39 is 4.92 Å². The SMILES string of the molecule is CCc1ccc([N+](=O)[O-])c(C)[n+]1[O-]. The first kappa shape index (κ1) is 9.44. The van der Waals surface area contributed by atoms with Crippen molar-refractivity contribution in [2.24, 2.45) is 0 Å². The standard InChI is InChI=1S/C8H10N2O3/c1-3-7-4-5-8(10(12)13)6(2)9(7)11/h4-5H,3H2,1-2H3. The topological polar surface area (TPSA) is 70.1 Å². The fourth-order valence-electron chi connectivity index (χ4n) is 1.14. The molecule has 5 nitrogen and oxygen atoms in total. The van der Waals surface area contributed by atoms with E-state index in [0.29, 0.717) is 16.8 Å². The largest absolute Gasteiger partial charge is 0.618 e. The minimum absolute atomic E-state index is 0.132. The molecule has 0 aliphatic heterocycles. The Labute approximate surface area is 75.4 Å². The molecule has 0 N–H and O–H groups in total. The Morgan fingerprint density at radius 1 is 1.54 bits per heavy atom. The van der Waals surface area contributed by atoms with Crippen LogP contribution < -0.4 is 4.73 Å². The number of rotatable bonds is 2. The summed E-state index contributed by atoms with van der Waals surface area (Å²) in [5, 5.41) is 21.8. The van der Waals surface area contributed by atoms with Crippen LogP contribution >= 0.6 is 0 Å². The lowest BCUT2D eigenvalue weighted by molar-refractivity contribution is -0.624. The van der Waals surface area contributed by atoms with Crippen LogP contribution in [0.15, 0.2) is 12.1 Å². The molecular weight excluding hydrogens is 172 g/mol. The average Bonchev–Trinajstić information content (AvgIpc) is 2.09. The van der Waals surface area contributed by atoms with Gasteiger partial charge in [0.25, 0.3) is 5.69 Å². The molecule has 0 fully saturated rings. The van der Waals surface area contributed by atoms with Crippen LogP contribution in [0.25, 0.3) is 0 Å². The Kier molecular flexibility index (Phi) is 2.46. The summed E-state index contributed by atoms with van der Waals surface area (Å²) in [6, 6.07) is 2.85. The van der Waals surface area contributed by atoms with E-state index in [0.717, 1.165) is 0 Å². The molecule has 1 heterocycles. The van der Waals surface area contributed by atoms with Gasteiger partial charge >= 0.3 is 5.69 Å². The molecule has 0 aliphatic carbocycles. The van der Waals surface area contributed by atoms with Crippen molar-refractivity contribution in [3.05, 3.63) is 38.8 Å². The lowest BCUT2D eigenvalue weighted by Gasteiger charge is -2.04. The van der Waals surface area contributed by atoms with Crippen molar-refractivity contribution in [3.63, 3.8) is 0 Å². The minimum Gasteiger partial charge on any atom is -0.618 e. The quantitative estimate of drug-likeness (QED) is 0.297. The molecule has 0 saturated heterocycles. The van der Waals surface area contributed by atoms with E-state index in [1.54, 1.807) is 0 Å². The van der Waals surface area contributed by atoms with E-state index in [2.05, 4.69) is 0 Å². The molecule has 0 unspecified atom stereocenters. The summed E-state index contributed by atoms with van der Waals surface area (Å²) < 4.78 is 0.609. The molecule has 1 aromatic rings. The number of aryl methyl sites for hydroxylation is 1.